The van der Waals surface area contributed by atoms with Gasteiger partial charge in [-0.25, -0.2) is 0 Å². The molecule has 0 saturated carbocycles. The van der Waals surface area contributed by atoms with Gasteiger partial charge in [-0.3, -0.25) is 19.4 Å². The first-order valence-corrected chi connectivity index (χ1v) is 15.3. The van der Waals surface area contributed by atoms with Gasteiger partial charge in [0.15, 0.2) is 0 Å². The van der Waals surface area contributed by atoms with Crippen LogP contribution in [0.2, 0.25) is 0 Å². The van der Waals surface area contributed by atoms with Gasteiger partial charge in [-0.1, -0.05) is 37.6 Å². The minimum Gasteiger partial charge on any atom is -0.481 e. The molecule has 15 heteroatoms. The van der Waals surface area contributed by atoms with E-state index >= 15 is 0 Å². The summed E-state index contributed by atoms with van der Waals surface area (Å²) in [6.45, 7) is 1.30. The summed E-state index contributed by atoms with van der Waals surface area (Å²) in [4.78, 5) is 46.0. The summed E-state index contributed by atoms with van der Waals surface area (Å²) < 4.78 is 88.6. The summed E-state index contributed by atoms with van der Waals surface area (Å²) in [7, 11) is 0. The molecule has 1 N–H and O–H groups in total. The van der Waals surface area contributed by atoms with E-state index in [1.54, 1.807) is 31.2 Å². The Morgan fingerprint density at radius 2 is 1.83 bits per heavy atom. The van der Waals surface area contributed by atoms with Gasteiger partial charge in [-0.05, 0) is 36.1 Å². The van der Waals surface area contributed by atoms with Gasteiger partial charge in [0.1, 0.15) is 16.3 Å². The summed E-state index contributed by atoms with van der Waals surface area (Å²) >= 11 is 0.341. The summed E-state index contributed by atoms with van der Waals surface area (Å²) in [5.41, 5.74) is -3.17. The molecule has 2 aromatic heterocycles. The number of alkyl halides is 6. The molecule has 8 nitrogen and oxygen atoms in total. The average Bonchev–Trinajstić information content (AvgIpc) is 3.49. The molecule has 4 heterocycles. The molecule has 0 bridgehead atoms. The fraction of sp³-hybridized carbons (Fsp3) is 0.419. The highest BCUT2D eigenvalue weighted by Gasteiger charge is 2.56. The number of likely N-dealkylation sites (tertiary alicyclic amines) is 1. The highest BCUT2D eigenvalue weighted by molar-refractivity contribution is 7.10. The van der Waals surface area contributed by atoms with Crippen LogP contribution < -0.4 is 4.74 Å². The van der Waals surface area contributed by atoms with Crippen LogP contribution in [0.4, 0.5) is 26.3 Å². The number of carbonyl (C=O) groups excluding carboxylic acids is 2. The van der Waals surface area contributed by atoms with E-state index in [2.05, 4.69) is 4.98 Å². The SMILES string of the molecule is CCC[C@H]1N(C(=O)c2ncccc2C(F)(F)F)CCC[C@@]1(Oc1csc(C(F)(F)F)c1)C(=O)N1Cc2ccccc2C(C(=O)O)C1. The number of benzene rings is 1. The zero-order chi connectivity index (χ0) is 33.4. The standard InChI is InChI=1S/C31H29F6N3O5S/c1-2-7-23-29(45-19-14-24(46-17-19)31(35,36)37,28(44)39-15-18-8-3-4-9-20(18)21(16-39)27(42)43)11-6-13-40(23)26(41)25-22(30(32,33)34)10-5-12-38-25/h3-5,8-10,12,14,17,21,23H,2,6-7,11,13,15-16H2,1H3,(H,42,43)/t21?,23-,29+/m1/s1. The number of amides is 2. The summed E-state index contributed by atoms with van der Waals surface area (Å²) in [5.74, 6) is -4.52. The van der Waals surface area contributed by atoms with Crippen LogP contribution in [0.15, 0.2) is 54.0 Å². The molecule has 5 rings (SSSR count). The number of nitrogens with zero attached hydrogens (tertiary/aromatic N) is 3. The second-order valence-electron chi connectivity index (χ2n) is 11.2. The fourth-order valence-electron chi connectivity index (χ4n) is 6.32. The number of carboxylic acid groups (broad SMARTS) is 1. The Kier molecular flexibility index (Phi) is 9.08. The van der Waals surface area contributed by atoms with E-state index in [0.717, 1.165) is 34.7 Å². The lowest BCUT2D eigenvalue weighted by Crippen LogP contribution is -2.68. The van der Waals surface area contributed by atoms with Crippen molar-refractivity contribution in [2.24, 2.45) is 0 Å². The van der Waals surface area contributed by atoms with Crippen molar-refractivity contribution < 1.29 is 50.6 Å². The Morgan fingerprint density at radius 3 is 2.48 bits per heavy atom. The number of piperidine rings is 1. The van der Waals surface area contributed by atoms with Crippen LogP contribution >= 0.6 is 11.3 Å². The predicted octanol–water partition coefficient (Wildman–Crippen LogP) is 6.61. The van der Waals surface area contributed by atoms with Crippen molar-refractivity contribution in [1.82, 2.24) is 14.8 Å². The molecule has 0 aliphatic carbocycles. The Balaban J connectivity index is 1.62. The largest absolute Gasteiger partial charge is 0.481 e. The van der Waals surface area contributed by atoms with Crippen LogP contribution in [-0.2, 0) is 28.5 Å². The van der Waals surface area contributed by atoms with Gasteiger partial charge in [0.2, 0.25) is 5.60 Å². The first-order chi connectivity index (χ1) is 21.7. The van der Waals surface area contributed by atoms with Gasteiger partial charge >= 0.3 is 18.3 Å². The zero-order valence-electron chi connectivity index (χ0n) is 24.4. The average molecular weight is 670 g/mol. The molecule has 3 atom stereocenters. The summed E-state index contributed by atoms with van der Waals surface area (Å²) in [5, 5.41) is 11.1. The van der Waals surface area contributed by atoms with Crippen molar-refractivity contribution >= 4 is 29.1 Å². The molecule has 246 valence electrons. The van der Waals surface area contributed by atoms with Gasteiger partial charge in [0.25, 0.3) is 11.8 Å². The van der Waals surface area contributed by atoms with E-state index in [1.807, 2.05) is 0 Å². The minimum atomic E-state index is -4.92. The monoisotopic (exact) mass is 669 g/mol. The van der Waals surface area contributed by atoms with E-state index < -0.39 is 63.8 Å². The van der Waals surface area contributed by atoms with E-state index in [-0.39, 0.29) is 44.6 Å². The molecule has 2 aliphatic heterocycles. The first-order valence-electron chi connectivity index (χ1n) is 14.4. The van der Waals surface area contributed by atoms with Gasteiger partial charge in [-0.15, -0.1) is 11.3 Å². The van der Waals surface area contributed by atoms with Gasteiger partial charge in [-0.2, -0.15) is 26.3 Å². The quantitative estimate of drug-likeness (QED) is 0.284. The Bertz CT molecular complexity index is 1630. The number of carboxylic acids is 1. The third kappa shape index (κ3) is 6.29. The van der Waals surface area contributed by atoms with Crippen molar-refractivity contribution in [1.29, 1.82) is 0 Å². The van der Waals surface area contributed by atoms with E-state index in [4.69, 9.17) is 4.74 Å². The van der Waals surface area contributed by atoms with E-state index in [9.17, 15) is 45.8 Å². The number of aliphatic carboxylic acids is 1. The Labute approximate surface area is 263 Å². The molecule has 1 saturated heterocycles. The number of hydrogen-bond acceptors (Lipinski definition) is 6. The number of thiophene rings is 1. The maximum Gasteiger partial charge on any atom is 0.425 e. The molecule has 0 spiro atoms. The van der Waals surface area contributed by atoms with Crippen molar-refractivity contribution in [2.45, 2.75) is 69.1 Å². The number of pyridine rings is 1. The number of carbonyl (C=O) groups is 3. The molecular formula is C31H29F6N3O5S. The number of hydrogen-bond donors (Lipinski definition) is 1. The van der Waals surface area contributed by atoms with E-state index in [1.165, 1.54) is 4.90 Å². The maximum atomic E-state index is 14.7. The maximum absolute atomic E-state index is 14.7. The van der Waals surface area contributed by atoms with Crippen LogP contribution in [-0.4, -0.2) is 62.4 Å². The molecule has 46 heavy (non-hydrogen) atoms. The third-order valence-electron chi connectivity index (χ3n) is 8.30. The molecule has 1 unspecified atom stereocenters. The smallest absolute Gasteiger partial charge is 0.425 e. The van der Waals surface area contributed by atoms with Crippen LogP contribution in [0.25, 0.3) is 0 Å². The highest BCUT2D eigenvalue weighted by atomic mass is 32.1. The van der Waals surface area contributed by atoms with E-state index in [0.29, 0.717) is 28.9 Å². The number of fused-ring (bicyclic) bond motifs is 1. The van der Waals surface area contributed by atoms with Gasteiger partial charge in [0, 0.05) is 43.7 Å². The summed E-state index contributed by atoms with van der Waals surface area (Å²) in [6, 6.07) is 7.89. The highest BCUT2D eigenvalue weighted by Crippen LogP contribution is 2.43. The van der Waals surface area contributed by atoms with Crippen LogP contribution in [0.5, 0.6) is 5.75 Å². The molecule has 2 aliphatic rings. The Morgan fingerprint density at radius 1 is 1.09 bits per heavy atom. The molecule has 1 fully saturated rings. The normalized spacial score (nSPS) is 21.9. The van der Waals surface area contributed by atoms with Crippen molar-refractivity contribution in [3.8, 4) is 5.75 Å². The van der Waals surface area contributed by atoms with Gasteiger partial charge in [0.05, 0.1) is 17.5 Å². The molecule has 3 aromatic rings. The lowest BCUT2D eigenvalue weighted by molar-refractivity contribution is -0.161. The minimum absolute atomic E-state index is 0.0364. The molecule has 0 radical (unpaired) electrons. The molecule has 1 aromatic carbocycles. The van der Waals surface area contributed by atoms with Crippen LogP contribution in [0.1, 0.15) is 70.6 Å². The van der Waals surface area contributed by atoms with Crippen molar-refractivity contribution in [3.63, 3.8) is 0 Å². The second-order valence-corrected chi connectivity index (χ2v) is 12.1. The van der Waals surface area contributed by atoms with Crippen molar-refractivity contribution in [3.05, 3.63) is 81.3 Å². The number of rotatable bonds is 7. The lowest BCUT2D eigenvalue weighted by Gasteiger charge is -2.50. The first kappa shape index (κ1) is 33.2. The zero-order valence-corrected chi connectivity index (χ0v) is 25.2. The second kappa shape index (κ2) is 12.6. The summed E-state index contributed by atoms with van der Waals surface area (Å²) in [6.07, 6.45) is -8.28. The predicted molar refractivity (Wildman–Crippen MR) is 153 cm³/mol. The van der Waals surface area contributed by atoms with Gasteiger partial charge < -0.3 is 19.6 Å². The topological polar surface area (TPSA) is 100 Å². The molecule has 2 amide bonds. The lowest BCUT2D eigenvalue weighted by atomic mass is 9.79. The Hall–Kier alpha value is -4.14. The number of ether oxygens (including phenoxy) is 1. The number of aromatic nitrogens is 1. The third-order valence-corrected chi connectivity index (χ3v) is 9.25. The van der Waals surface area contributed by atoms with Crippen LogP contribution in [0, 0.1) is 0 Å². The van der Waals surface area contributed by atoms with Crippen LogP contribution in [0.3, 0.4) is 0 Å². The van der Waals surface area contributed by atoms with Crippen molar-refractivity contribution in [2.75, 3.05) is 13.1 Å². The number of halogens is 6. The fourth-order valence-corrected chi connectivity index (χ4v) is 6.99. The molecular weight excluding hydrogens is 640 g/mol.